The van der Waals surface area contributed by atoms with Gasteiger partial charge in [0, 0.05) is 33.0 Å². The molecule has 0 aliphatic heterocycles. The molecule has 60 heavy (non-hydrogen) atoms. The van der Waals surface area contributed by atoms with Crippen molar-refractivity contribution in [2.45, 2.75) is 6.42 Å². The maximum atomic E-state index is 6.22. The summed E-state index contributed by atoms with van der Waals surface area (Å²) in [7, 11) is 0. The van der Waals surface area contributed by atoms with Gasteiger partial charge in [-0.05, 0) is 110 Å². The third-order valence-electron chi connectivity index (χ3n) is 11.9. The van der Waals surface area contributed by atoms with E-state index in [1.54, 1.807) is 0 Å². The fourth-order valence-corrected chi connectivity index (χ4v) is 9.08. The van der Waals surface area contributed by atoms with Crippen LogP contribution in [0.3, 0.4) is 0 Å². The Bertz CT molecular complexity index is 3450. The van der Waals surface area contributed by atoms with E-state index in [9.17, 15) is 0 Å². The quantitative estimate of drug-likeness (QED) is 0.169. The second kappa shape index (κ2) is 13.9. The molecule has 0 unspecified atom stereocenters. The second-order valence-corrected chi connectivity index (χ2v) is 15.5. The zero-order valence-corrected chi connectivity index (χ0v) is 32.5. The largest absolute Gasteiger partial charge is 0.456 e. The summed E-state index contributed by atoms with van der Waals surface area (Å²) in [5.74, 6) is 1.81. The maximum Gasteiger partial charge on any atom is 0.164 e. The number of nitrogens with zero attached hydrogens (tertiary/aromatic N) is 3. The van der Waals surface area contributed by atoms with Crippen molar-refractivity contribution in [2.75, 3.05) is 0 Å². The van der Waals surface area contributed by atoms with Gasteiger partial charge in [-0.25, -0.2) is 15.0 Å². The molecule has 2 heterocycles. The summed E-state index contributed by atoms with van der Waals surface area (Å²) < 4.78 is 6.22. The molecule has 0 N–H and O–H groups in total. The van der Waals surface area contributed by atoms with Gasteiger partial charge in [0.1, 0.15) is 11.2 Å². The van der Waals surface area contributed by atoms with Crippen molar-refractivity contribution in [2.24, 2.45) is 0 Å². The predicted octanol–water partition coefficient (Wildman–Crippen LogP) is 14.5. The Balaban J connectivity index is 1.14. The third-order valence-corrected chi connectivity index (χ3v) is 11.9. The van der Waals surface area contributed by atoms with Gasteiger partial charge in [0.25, 0.3) is 0 Å². The normalized spacial score (nSPS) is 11.9. The number of furan rings is 1. The van der Waals surface area contributed by atoms with Crippen LogP contribution in [0, 0.1) is 0 Å². The van der Waals surface area contributed by atoms with Gasteiger partial charge < -0.3 is 4.42 Å². The van der Waals surface area contributed by atoms with E-state index in [0.29, 0.717) is 17.5 Å². The zero-order valence-electron chi connectivity index (χ0n) is 32.5. The van der Waals surface area contributed by atoms with Crippen LogP contribution in [0.4, 0.5) is 0 Å². The van der Waals surface area contributed by atoms with Crippen LogP contribution in [0.1, 0.15) is 11.1 Å². The number of hydrogen-bond acceptors (Lipinski definition) is 4. The summed E-state index contributed by atoms with van der Waals surface area (Å²) in [4.78, 5) is 15.9. The molecule has 4 heteroatoms. The van der Waals surface area contributed by atoms with Gasteiger partial charge >= 0.3 is 0 Å². The predicted molar refractivity (Wildman–Crippen MR) is 245 cm³/mol. The van der Waals surface area contributed by atoms with Crippen molar-refractivity contribution in [3.05, 3.63) is 211 Å². The first-order chi connectivity index (χ1) is 29.7. The van der Waals surface area contributed by atoms with Crippen molar-refractivity contribution in [1.82, 2.24) is 15.0 Å². The molecule has 0 atom stereocenters. The molecule has 0 radical (unpaired) electrons. The first kappa shape index (κ1) is 34.1. The fourth-order valence-electron chi connectivity index (χ4n) is 9.08. The molecular formula is C56H35N3O. The number of fused-ring (bicyclic) bond motifs is 8. The summed E-state index contributed by atoms with van der Waals surface area (Å²) >= 11 is 0. The van der Waals surface area contributed by atoms with Gasteiger partial charge in [0.05, 0.1) is 0 Å². The van der Waals surface area contributed by atoms with E-state index in [-0.39, 0.29) is 0 Å². The Morgan fingerprint density at radius 3 is 1.70 bits per heavy atom. The van der Waals surface area contributed by atoms with E-state index in [1.165, 1.54) is 33.0 Å². The van der Waals surface area contributed by atoms with Crippen LogP contribution in [-0.2, 0) is 6.42 Å². The molecule has 9 aromatic carbocycles. The number of rotatable bonds is 6. The zero-order chi connectivity index (χ0) is 39.6. The van der Waals surface area contributed by atoms with E-state index >= 15 is 0 Å². The molecule has 280 valence electrons. The van der Waals surface area contributed by atoms with Gasteiger partial charge in [-0.15, -0.1) is 0 Å². The van der Waals surface area contributed by atoms with E-state index in [4.69, 9.17) is 19.4 Å². The van der Waals surface area contributed by atoms with Crippen LogP contribution in [0.25, 0.3) is 111 Å². The van der Waals surface area contributed by atoms with Crippen molar-refractivity contribution >= 4 is 32.7 Å². The topological polar surface area (TPSA) is 51.8 Å². The summed E-state index contributed by atoms with van der Waals surface area (Å²) in [6.45, 7) is 0. The van der Waals surface area contributed by atoms with Gasteiger partial charge in [-0.1, -0.05) is 158 Å². The number of benzene rings is 9. The second-order valence-electron chi connectivity index (χ2n) is 15.5. The molecule has 0 saturated carbocycles. The van der Waals surface area contributed by atoms with Gasteiger partial charge in [0.15, 0.2) is 17.5 Å². The summed E-state index contributed by atoms with van der Waals surface area (Å²) in [5, 5.41) is 4.63. The van der Waals surface area contributed by atoms with Crippen molar-refractivity contribution in [3.8, 4) is 78.7 Å². The lowest BCUT2D eigenvalue weighted by atomic mass is 9.85. The SMILES string of the molecule is c1ccc(-c2cc(-c3ccc4c(c3)-c3c(ccc5ccccc35)C4)c(-c3ccccc3)c(-c3nc(-c4ccccc4)nc(-c4ccc5oc6ccccc6c5c4)n3)c2)cc1. The highest BCUT2D eigenvalue weighted by atomic mass is 16.3. The number of hydrogen-bond donors (Lipinski definition) is 0. The summed E-state index contributed by atoms with van der Waals surface area (Å²) in [5.41, 5.74) is 16.4. The minimum absolute atomic E-state index is 0.595. The molecule has 4 nitrogen and oxygen atoms in total. The van der Waals surface area contributed by atoms with Crippen molar-refractivity contribution in [1.29, 1.82) is 0 Å². The Morgan fingerprint density at radius 2 is 0.900 bits per heavy atom. The van der Waals surface area contributed by atoms with E-state index in [2.05, 4.69) is 158 Å². The molecule has 1 aliphatic rings. The highest BCUT2D eigenvalue weighted by molar-refractivity contribution is 6.06. The molecular weight excluding hydrogens is 731 g/mol. The first-order valence-corrected chi connectivity index (χ1v) is 20.4. The minimum atomic E-state index is 0.595. The molecule has 12 rings (SSSR count). The molecule has 0 fully saturated rings. The molecule has 0 spiro atoms. The Hall–Kier alpha value is -7.95. The Labute approximate surface area is 347 Å². The van der Waals surface area contributed by atoms with Crippen LogP contribution < -0.4 is 0 Å². The summed E-state index contributed by atoms with van der Waals surface area (Å²) in [6, 6.07) is 70.8. The molecule has 0 bridgehead atoms. The smallest absolute Gasteiger partial charge is 0.164 e. The maximum absolute atomic E-state index is 6.22. The Morgan fingerprint density at radius 1 is 0.317 bits per heavy atom. The molecule has 2 aromatic heterocycles. The molecule has 0 saturated heterocycles. The Kier molecular flexibility index (Phi) is 7.88. The lowest BCUT2D eigenvalue weighted by Crippen LogP contribution is -2.02. The monoisotopic (exact) mass is 765 g/mol. The minimum Gasteiger partial charge on any atom is -0.456 e. The van der Waals surface area contributed by atoms with Gasteiger partial charge in [0.2, 0.25) is 0 Å². The molecule has 0 amide bonds. The highest BCUT2D eigenvalue weighted by Crippen LogP contribution is 2.47. The average Bonchev–Trinajstić information content (AvgIpc) is 3.90. The summed E-state index contributed by atoms with van der Waals surface area (Å²) in [6.07, 6.45) is 0.924. The van der Waals surface area contributed by atoms with Crippen LogP contribution in [0.15, 0.2) is 205 Å². The number of para-hydroxylation sites is 1. The van der Waals surface area contributed by atoms with E-state index in [1.807, 2.05) is 42.5 Å². The van der Waals surface area contributed by atoms with Crippen molar-refractivity contribution < 1.29 is 4.42 Å². The van der Waals surface area contributed by atoms with Crippen LogP contribution in [-0.4, -0.2) is 15.0 Å². The van der Waals surface area contributed by atoms with Crippen LogP contribution in [0.2, 0.25) is 0 Å². The lowest BCUT2D eigenvalue weighted by Gasteiger charge is -2.19. The standard InChI is InChI=1S/C56H35N3O/c1-4-14-35(15-5-1)43-33-47(40-26-25-39-30-41-27-24-36-16-10-11-21-44(36)53(41)46(39)31-40)52(37-17-6-2-7-18-37)49(34-43)56-58-54(38-19-8-3-9-20-38)57-55(59-56)42-28-29-51-48(32-42)45-22-12-13-23-50(45)60-51/h1-29,31-34H,30H2. The van der Waals surface area contributed by atoms with E-state index in [0.717, 1.165) is 78.4 Å². The van der Waals surface area contributed by atoms with Gasteiger partial charge in [-0.2, -0.15) is 0 Å². The first-order valence-electron chi connectivity index (χ1n) is 20.4. The van der Waals surface area contributed by atoms with E-state index < -0.39 is 0 Å². The lowest BCUT2D eigenvalue weighted by molar-refractivity contribution is 0.669. The van der Waals surface area contributed by atoms with Gasteiger partial charge in [-0.3, -0.25) is 0 Å². The molecule has 11 aromatic rings. The van der Waals surface area contributed by atoms with Crippen LogP contribution in [0.5, 0.6) is 0 Å². The van der Waals surface area contributed by atoms with Crippen LogP contribution >= 0.6 is 0 Å². The third kappa shape index (κ3) is 5.72. The van der Waals surface area contributed by atoms with Crippen molar-refractivity contribution in [3.63, 3.8) is 0 Å². The number of aromatic nitrogens is 3. The molecule has 1 aliphatic carbocycles. The highest BCUT2D eigenvalue weighted by Gasteiger charge is 2.25. The average molecular weight is 766 g/mol. The fraction of sp³-hybridized carbons (Fsp3) is 0.0179.